The quantitative estimate of drug-likeness (QED) is 0.341. The van der Waals surface area contributed by atoms with Crippen molar-refractivity contribution >= 4 is 17.5 Å². The van der Waals surface area contributed by atoms with Crippen molar-refractivity contribution in [3.63, 3.8) is 0 Å². The van der Waals surface area contributed by atoms with Gasteiger partial charge in [-0.25, -0.2) is 4.79 Å². The molecule has 2 N–H and O–H groups in total. The van der Waals surface area contributed by atoms with Crippen LogP contribution in [0.15, 0.2) is 91.3 Å². The van der Waals surface area contributed by atoms with E-state index in [9.17, 15) is 10.1 Å². The van der Waals surface area contributed by atoms with Crippen LogP contribution >= 0.6 is 0 Å². The minimum Gasteiger partial charge on any atom is -0.443 e. The molecule has 3 aromatic carbocycles. The highest BCUT2D eigenvalue weighted by molar-refractivity contribution is 5.95. The van der Waals surface area contributed by atoms with Gasteiger partial charge in [0.1, 0.15) is 5.60 Å². The summed E-state index contributed by atoms with van der Waals surface area (Å²) in [6.07, 6.45) is 2.77. The third-order valence-electron chi connectivity index (χ3n) is 5.61. The molecule has 4 rings (SSSR count). The maximum atomic E-state index is 13.3. The van der Waals surface area contributed by atoms with Crippen LogP contribution in [0.2, 0.25) is 0 Å². The number of amides is 1. The predicted molar refractivity (Wildman–Crippen MR) is 143 cm³/mol. The zero-order chi connectivity index (χ0) is 25.7. The maximum Gasteiger partial charge on any atom is 0.415 e. The van der Waals surface area contributed by atoms with Crippen LogP contribution in [0.5, 0.6) is 0 Å². The molecule has 0 unspecified atom stereocenters. The summed E-state index contributed by atoms with van der Waals surface area (Å²) in [6, 6.07) is 27.2. The highest BCUT2D eigenvalue weighted by Gasteiger charge is 2.26. The van der Waals surface area contributed by atoms with E-state index in [1.165, 1.54) is 4.90 Å². The molecule has 0 saturated carbocycles. The summed E-state index contributed by atoms with van der Waals surface area (Å²) in [5, 5.41) is 9.44. The number of carbonyl (C=O) groups excluding carboxylic acids is 1. The molecule has 6 nitrogen and oxygen atoms in total. The molecule has 0 aliphatic rings. The number of anilines is 2. The summed E-state index contributed by atoms with van der Waals surface area (Å²) in [7, 11) is 0. The molecule has 1 heterocycles. The first-order valence-electron chi connectivity index (χ1n) is 11.6. The van der Waals surface area contributed by atoms with Crippen LogP contribution in [-0.2, 0) is 11.3 Å². The largest absolute Gasteiger partial charge is 0.443 e. The molecule has 0 aliphatic heterocycles. The van der Waals surface area contributed by atoms with E-state index in [0.717, 1.165) is 27.8 Å². The number of hydrogen-bond donors (Lipinski definition) is 1. The number of nitriles is 1. The molecule has 0 bridgehead atoms. The Balaban J connectivity index is 1.70. The molecule has 0 aliphatic carbocycles. The van der Waals surface area contributed by atoms with Crippen molar-refractivity contribution in [3.8, 4) is 28.3 Å². The summed E-state index contributed by atoms with van der Waals surface area (Å²) < 4.78 is 5.72. The Morgan fingerprint density at radius 1 is 0.917 bits per heavy atom. The Kier molecular flexibility index (Phi) is 7.03. The van der Waals surface area contributed by atoms with Gasteiger partial charge in [0.15, 0.2) is 0 Å². The molecule has 0 fully saturated rings. The Morgan fingerprint density at radius 2 is 1.56 bits per heavy atom. The summed E-state index contributed by atoms with van der Waals surface area (Å²) in [4.78, 5) is 19.2. The number of rotatable bonds is 5. The van der Waals surface area contributed by atoms with E-state index in [1.807, 2.05) is 93.6 Å². The van der Waals surface area contributed by atoms with E-state index in [2.05, 4.69) is 11.1 Å². The minimum absolute atomic E-state index is 0.235. The predicted octanol–water partition coefficient (Wildman–Crippen LogP) is 6.81. The molecule has 0 saturated heterocycles. The standard InChI is InChI=1S/C30H28N4O2/c1-30(2,3)36-29(35)34(27-19-33-18-26(28(27)32)22-9-5-4-6-10-22)20-21-13-15-23(16-14-21)25-12-8-7-11-24(25)17-31/h4-16,18-19H,20H2,1-3H3,(H2,32,33). The van der Waals surface area contributed by atoms with Gasteiger partial charge in [0.25, 0.3) is 0 Å². The monoisotopic (exact) mass is 476 g/mol. The van der Waals surface area contributed by atoms with Crippen molar-refractivity contribution in [1.29, 1.82) is 5.26 Å². The van der Waals surface area contributed by atoms with Crippen LogP contribution in [0, 0.1) is 11.3 Å². The lowest BCUT2D eigenvalue weighted by Crippen LogP contribution is -2.37. The highest BCUT2D eigenvalue weighted by atomic mass is 16.6. The first kappa shape index (κ1) is 24.5. The maximum absolute atomic E-state index is 13.3. The Hall–Kier alpha value is -4.63. The van der Waals surface area contributed by atoms with Crippen LogP contribution in [0.1, 0.15) is 31.9 Å². The van der Waals surface area contributed by atoms with Crippen molar-refractivity contribution in [2.24, 2.45) is 0 Å². The fourth-order valence-corrected chi connectivity index (χ4v) is 3.89. The van der Waals surface area contributed by atoms with Crippen LogP contribution in [0.4, 0.5) is 16.2 Å². The molecule has 1 aromatic heterocycles. The van der Waals surface area contributed by atoms with Gasteiger partial charge in [-0.3, -0.25) is 9.88 Å². The zero-order valence-corrected chi connectivity index (χ0v) is 20.6. The molecule has 6 heteroatoms. The Morgan fingerprint density at radius 3 is 2.22 bits per heavy atom. The van der Waals surface area contributed by atoms with Gasteiger partial charge >= 0.3 is 6.09 Å². The number of hydrogen-bond acceptors (Lipinski definition) is 5. The van der Waals surface area contributed by atoms with Crippen molar-refractivity contribution in [2.45, 2.75) is 32.9 Å². The van der Waals surface area contributed by atoms with E-state index in [4.69, 9.17) is 10.5 Å². The molecule has 0 atom stereocenters. The molecule has 0 radical (unpaired) electrons. The lowest BCUT2D eigenvalue weighted by atomic mass is 9.99. The van der Waals surface area contributed by atoms with E-state index in [-0.39, 0.29) is 6.54 Å². The summed E-state index contributed by atoms with van der Waals surface area (Å²) in [6.45, 7) is 5.71. The van der Waals surface area contributed by atoms with Gasteiger partial charge in [-0.1, -0.05) is 72.8 Å². The fourth-order valence-electron chi connectivity index (χ4n) is 3.89. The van der Waals surface area contributed by atoms with Gasteiger partial charge in [-0.15, -0.1) is 0 Å². The van der Waals surface area contributed by atoms with Gasteiger partial charge in [-0.05, 0) is 49.1 Å². The number of nitrogens with zero attached hydrogens (tertiary/aromatic N) is 3. The van der Waals surface area contributed by atoms with E-state index >= 15 is 0 Å². The number of nitrogen functional groups attached to an aromatic ring is 1. The number of ether oxygens (including phenoxy) is 1. The van der Waals surface area contributed by atoms with Gasteiger partial charge in [0.2, 0.25) is 0 Å². The highest BCUT2D eigenvalue weighted by Crippen LogP contribution is 2.34. The molecular formula is C30H28N4O2. The van der Waals surface area contributed by atoms with Crippen LogP contribution in [0.25, 0.3) is 22.3 Å². The van der Waals surface area contributed by atoms with Gasteiger partial charge in [-0.2, -0.15) is 5.26 Å². The topological polar surface area (TPSA) is 92.2 Å². The Labute approximate surface area is 211 Å². The van der Waals surface area contributed by atoms with E-state index in [0.29, 0.717) is 16.9 Å². The smallest absolute Gasteiger partial charge is 0.415 e. The van der Waals surface area contributed by atoms with E-state index < -0.39 is 11.7 Å². The Bertz CT molecular complexity index is 1400. The second kappa shape index (κ2) is 10.3. The lowest BCUT2D eigenvalue weighted by molar-refractivity contribution is 0.0577. The molecule has 0 spiro atoms. The van der Waals surface area contributed by atoms with Crippen molar-refractivity contribution in [1.82, 2.24) is 4.98 Å². The van der Waals surface area contributed by atoms with Crippen LogP contribution in [-0.4, -0.2) is 16.7 Å². The van der Waals surface area contributed by atoms with Gasteiger partial charge in [0, 0.05) is 11.8 Å². The first-order chi connectivity index (χ1) is 17.3. The number of benzene rings is 3. The summed E-state index contributed by atoms with van der Waals surface area (Å²) in [5.74, 6) is 0. The SMILES string of the molecule is CC(C)(C)OC(=O)N(Cc1ccc(-c2ccccc2C#N)cc1)c1cncc(-c2ccccc2)c1N. The second-order valence-electron chi connectivity index (χ2n) is 9.41. The number of aromatic nitrogens is 1. The number of carbonyl (C=O) groups is 1. The number of pyridine rings is 1. The first-order valence-corrected chi connectivity index (χ1v) is 11.6. The van der Waals surface area contributed by atoms with Crippen molar-refractivity contribution in [2.75, 3.05) is 10.6 Å². The third kappa shape index (κ3) is 5.53. The second-order valence-corrected chi connectivity index (χ2v) is 9.41. The molecule has 180 valence electrons. The van der Waals surface area contributed by atoms with Crippen LogP contribution in [0.3, 0.4) is 0 Å². The summed E-state index contributed by atoms with van der Waals surface area (Å²) >= 11 is 0. The minimum atomic E-state index is -0.681. The van der Waals surface area contributed by atoms with Crippen LogP contribution < -0.4 is 10.6 Å². The molecular weight excluding hydrogens is 448 g/mol. The molecule has 36 heavy (non-hydrogen) atoms. The lowest BCUT2D eigenvalue weighted by Gasteiger charge is -2.28. The van der Waals surface area contributed by atoms with Crippen molar-refractivity contribution < 1.29 is 9.53 Å². The normalized spacial score (nSPS) is 10.9. The average molecular weight is 477 g/mol. The average Bonchev–Trinajstić information content (AvgIpc) is 2.87. The van der Waals surface area contributed by atoms with Crippen molar-refractivity contribution in [3.05, 3.63) is 102 Å². The zero-order valence-electron chi connectivity index (χ0n) is 20.6. The third-order valence-corrected chi connectivity index (χ3v) is 5.61. The van der Waals surface area contributed by atoms with E-state index in [1.54, 1.807) is 18.5 Å². The molecule has 4 aromatic rings. The molecule has 1 amide bonds. The van der Waals surface area contributed by atoms with Gasteiger partial charge < -0.3 is 10.5 Å². The number of nitrogens with two attached hydrogens (primary N) is 1. The fraction of sp³-hybridized carbons (Fsp3) is 0.167. The summed E-state index contributed by atoms with van der Waals surface area (Å²) in [5.41, 5.74) is 11.7. The van der Waals surface area contributed by atoms with Gasteiger partial charge in [0.05, 0.1) is 35.7 Å².